The molecule has 1 N–H and O–H groups in total. The van der Waals surface area contributed by atoms with Gasteiger partial charge in [0.05, 0.1) is 30.2 Å². The molecule has 0 radical (unpaired) electrons. The van der Waals surface area contributed by atoms with Crippen LogP contribution in [0.25, 0.3) is 0 Å². The van der Waals surface area contributed by atoms with Crippen LogP contribution in [0, 0.1) is 0 Å². The maximum atomic E-state index is 12.6. The minimum atomic E-state index is -4.53. The average molecular weight is 273 g/mol. The van der Waals surface area contributed by atoms with Crippen LogP contribution >= 0.6 is 0 Å². The van der Waals surface area contributed by atoms with Crippen molar-refractivity contribution >= 4 is 18.2 Å². The predicted octanol–water partition coefficient (Wildman–Crippen LogP) is 3.06. The molecule has 7 heteroatoms. The molecule has 4 nitrogen and oxygen atoms in total. The molecule has 0 aliphatic rings. The summed E-state index contributed by atoms with van der Waals surface area (Å²) in [5.74, 6) is -0.0115. The van der Waals surface area contributed by atoms with E-state index in [9.17, 15) is 18.0 Å². The smallest absolute Gasteiger partial charge is 0.416 e. The summed E-state index contributed by atoms with van der Waals surface area (Å²) in [7, 11) is 1.23. The number of ether oxygens (including phenoxy) is 1. The van der Waals surface area contributed by atoms with Crippen molar-refractivity contribution < 1.29 is 27.8 Å². The largest absolute Gasteiger partial charge is 0.515 e. The number of carbonyl (C=O) groups excluding carboxylic acids is 1. The summed E-state index contributed by atoms with van der Waals surface area (Å²) in [6.07, 6.45) is -2.77. The zero-order chi connectivity index (χ0) is 14.5. The molecule has 1 aromatic carbocycles. The first-order valence-electron chi connectivity index (χ1n) is 5.00. The molecule has 1 rings (SSSR count). The molecule has 0 aliphatic heterocycles. The van der Waals surface area contributed by atoms with Crippen LogP contribution in [0.15, 0.2) is 35.0 Å². The Morgan fingerprint density at radius 1 is 1.37 bits per heavy atom. The SMILES string of the molecule is COc1cc(N=C/C(C=O)=C\O)cc(C(F)(F)F)c1. The highest BCUT2D eigenvalue weighted by Gasteiger charge is 2.31. The van der Waals surface area contributed by atoms with Crippen LogP contribution in [0.3, 0.4) is 0 Å². The third-order valence-corrected chi connectivity index (χ3v) is 2.10. The van der Waals surface area contributed by atoms with Gasteiger partial charge in [0, 0.05) is 12.3 Å². The van der Waals surface area contributed by atoms with E-state index in [-0.39, 0.29) is 17.0 Å². The number of methoxy groups -OCH3 is 1. The summed E-state index contributed by atoms with van der Waals surface area (Å²) in [5, 5.41) is 8.60. The first-order valence-corrected chi connectivity index (χ1v) is 5.00. The molecule has 0 spiro atoms. The third kappa shape index (κ3) is 4.13. The van der Waals surface area contributed by atoms with Gasteiger partial charge in [-0.25, -0.2) is 0 Å². The Labute approximate surface area is 106 Å². The molecule has 1 aromatic rings. The molecular weight excluding hydrogens is 263 g/mol. The van der Waals surface area contributed by atoms with Crippen molar-refractivity contribution in [1.82, 2.24) is 0 Å². The topological polar surface area (TPSA) is 58.9 Å². The average Bonchev–Trinajstić information content (AvgIpc) is 2.38. The Balaban J connectivity index is 3.18. The van der Waals surface area contributed by atoms with Gasteiger partial charge in [-0.15, -0.1) is 0 Å². The Morgan fingerprint density at radius 2 is 2.05 bits per heavy atom. The number of hydrogen-bond donors (Lipinski definition) is 1. The number of aliphatic hydroxyl groups excluding tert-OH is 1. The van der Waals surface area contributed by atoms with E-state index in [2.05, 4.69) is 4.99 Å². The van der Waals surface area contributed by atoms with Gasteiger partial charge in [-0.2, -0.15) is 13.2 Å². The molecular formula is C12H10F3NO3. The molecule has 0 aromatic heterocycles. The van der Waals surface area contributed by atoms with Crippen LogP contribution in [0.2, 0.25) is 0 Å². The number of aliphatic hydroxyl groups is 1. The van der Waals surface area contributed by atoms with E-state index in [0.29, 0.717) is 12.5 Å². The van der Waals surface area contributed by atoms with Crippen LogP contribution in [0.1, 0.15) is 5.56 Å². The Kier molecular flexibility index (Phi) is 4.68. The van der Waals surface area contributed by atoms with E-state index in [1.807, 2.05) is 0 Å². The fraction of sp³-hybridized carbons (Fsp3) is 0.167. The molecule has 0 heterocycles. The first kappa shape index (κ1) is 14.7. The van der Waals surface area contributed by atoms with Gasteiger partial charge in [0.25, 0.3) is 0 Å². The predicted molar refractivity (Wildman–Crippen MR) is 62.9 cm³/mol. The van der Waals surface area contributed by atoms with Gasteiger partial charge < -0.3 is 9.84 Å². The lowest BCUT2D eigenvalue weighted by molar-refractivity contribution is -0.137. The van der Waals surface area contributed by atoms with Crippen LogP contribution in [0.5, 0.6) is 5.75 Å². The van der Waals surface area contributed by atoms with Gasteiger partial charge in [-0.3, -0.25) is 9.79 Å². The molecule has 102 valence electrons. The second kappa shape index (κ2) is 6.03. The standard InChI is InChI=1S/C12H10F3NO3/c1-19-11-3-9(12(13,14)15)2-10(4-11)16-5-8(6-17)7-18/h2-7,17H,1H3/b8-6+,16-5?. The van der Waals surface area contributed by atoms with Crippen molar-refractivity contribution in [2.24, 2.45) is 4.99 Å². The second-order valence-electron chi connectivity index (χ2n) is 3.42. The van der Waals surface area contributed by atoms with Crippen molar-refractivity contribution in [2.45, 2.75) is 6.18 Å². The van der Waals surface area contributed by atoms with Crippen LogP contribution < -0.4 is 4.74 Å². The number of rotatable bonds is 4. The molecule has 0 amide bonds. The molecule has 0 saturated heterocycles. The summed E-state index contributed by atoms with van der Waals surface area (Å²) in [6, 6.07) is 2.91. The fourth-order valence-electron chi connectivity index (χ4n) is 1.18. The second-order valence-corrected chi connectivity index (χ2v) is 3.42. The van der Waals surface area contributed by atoms with E-state index in [0.717, 1.165) is 18.3 Å². The number of carbonyl (C=O) groups is 1. The number of hydrogen-bond acceptors (Lipinski definition) is 4. The maximum Gasteiger partial charge on any atom is 0.416 e. The number of halogens is 3. The monoisotopic (exact) mass is 273 g/mol. The zero-order valence-corrected chi connectivity index (χ0v) is 9.81. The summed E-state index contributed by atoms with van der Waals surface area (Å²) >= 11 is 0. The van der Waals surface area contributed by atoms with Gasteiger partial charge in [-0.1, -0.05) is 0 Å². The Morgan fingerprint density at radius 3 is 2.53 bits per heavy atom. The number of aldehydes is 1. The Hall–Kier alpha value is -2.31. The van der Waals surface area contributed by atoms with Crippen LogP contribution in [0.4, 0.5) is 18.9 Å². The maximum absolute atomic E-state index is 12.6. The van der Waals surface area contributed by atoms with Gasteiger partial charge in [0.1, 0.15) is 5.75 Å². The highest BCUT2D eigenvalue weighted by atomic mass is 19.4. The van der Waals surface area contributed by atoms with E-state index < -0.39 is 11.7 Å². The lowest BCUT2D eigenvalue weighted by Gasteiger charge is -2.09. The van der Waals surface area contributed by atoms with Crippen molar-refractivity contribution in [2.75, 3.05) is 7.11 Å². The molecule has 0 unspecified atom stereocenters. The molecule has 0 saturated carbocycles. The van der Waals surface area contributed by atoms with E-state index >= 15 is 0 Å². The molecule has 19 heavy (non-hydrogen) atoms. The summed E-state index contributed by atoms with van der Waals surface area (Å²) in [6.45, 7) is 0. The molecule has 0 atom stereocenters. The summed E-state index contributed by atoms with van der Waals surface area (Å²) in [4.78, 5) is 14.0. The van der Waals surface area contributed by atoms with Crippen LogP contribution in [-0.4, -0.2) is 24.7 Å². The number of nitrogens with zero attached hydrogens (tertiary/aromatic N) is 1. The quantitative estimate of drug-likeness (QED) is 0.397. The van der Waals surface area contributed by atoms with Crippen molar-refractivity contribution in [3.63, 3.8) is 0 Å². The highest BCUT2D eigenvalue weighted by molar-refractivity contribution is 6.02. The van der Waals surface area contributed by atoms with Crippen LogP contribution in [-0.2, 0) is 11.0 Å². The summed E-state index contributed by atoms with van der Waals surface area (Å²) in [5.41, 5.74) is -1.14. The van der Waals surface area contributed by atoms with Gasteiger partial charge >= 0.3 is 6.18 Å². The highest BCUT2D eigenvalue weighted by Crippen LogP contribution is 2.34. The lowest BCUT2D eigenvalue weighted by atomic mass is 10.2. The minimum absolute atomic E-state index is 0.0115. The van der Waals surface area contributed by atoms with Gasteiger partial charge in [0.2, 0.25) is 0 Å². The van der Waals surface area contributed by atoms with Crippen molar-refractivity contribution in [3.05, 3.63) is 35.6 Å². The van der Waals surface area contributed by atoms with Gasteiger partial charge in [-0.05, 0) is 12.1 Å². The first-order chi connectivity index (χ1) is 8.90. The lowest BCUT2D eigenvalue weighted by Crippen LogP contribution is -2.04. The number of alkyl halides is 3. The zero-order valence-electron chi connectivity index (χ0n) is 9.81. The Bertz CT molecular complexity index is 521. The van der Waals surface area contributed by atoms with E-state index in [4.69, 9.17) is 9.84 Å². The minimum Gasteiger partial charge on any atom is -0.515 e. The van der Waals surface area contributed by atoms with Crippen molar-refractivity contribution in [3.8, 4) is 5.75 Å². The number of aliphatic imine (C=N–C) groups is 1. The van der Waals surface area contributed by atoms with Crippen molar-refractivity contribution in [1.29, 1.82) is 0 Å². The number of allylic oxidation sites excluding steroid dienone is 1. The number of benzene rings is 1. The summed E-state index contributed by atoms with van der Waals surface area (Å²) < 4.78 is 42.5. The fourth-order valence-corrected chi connectivity index (χ4v) is 1.18. The molecule has 0 fully saturated rings. The normalized spacial score (nSPS) is 12.7. The third-order valence-electron chi connectivity index (χ3n) is 2.10. The van der Waals surface area contributed by atoms with E-state index in [1.165, 1.54) is 13.2 Å². The molecule has 0 bridgehead atoms. The molecule has 0 aliphatic carbocycles. The van der Waals surface area contributed by atoms with Gasteiger partial charge in [0.15, 0.2) is 6.29 Å². The van der Waals surface area contributed by atoms with E-state index in [1.54, 1.807) is 0 Å².